The third-order valence-corrected chi connectivity index (χ3v) is 3.74. The number of rotatable bonds is 4. The molecule has 0 spiro atoms. The third kappa shape index (κ3) is 5.06. The van der Waals surface area contributed by atoms with E-state index in [0.29, 0.717) is 5.69 Å². The molecule has 2 rings (SSSR count). The second-order valence-corrected chi connectivity index (χ2v) is 6.04. The Labute approximate surface area is 150 Å². The summed E-state index contributed by atoms with van der Waals surface area (Å²) in [5.41, 5.74) is -0.455. The second-order valence-electron chi connectivity index (χ2n) is 5.13. The van der Waals surface area contributed by atoms with Gasteiger partial charge in [-0.2, -0.15) is 13.2 Å². The van der Waals surface area contributed by atoms with E-state index in [1.54, 1.807) is 25.1 Å². The van der Waals surface area contributed by atoms with Crippen LogP contribution >= 0.6 is 15.9 Å². The van der Waals surface area contributed by atoms with E-state index < -0.39 is 35.8 Å². The molecule has 0 aliphatic carbocycles. The molecule has 25 heavy (non-hydrogen) atoms. The molecular formula is C17H13BrF3NO3. The molecule has 0 saturated carbocycles. The van der Waals surface area contributed by atoms with Crippen LogP contribution in [0.5, 0.6) is 0 Å². The number of nitrogens with one attached hydrogen (secondary N) is 1. The van der Waals surface area contributed by atoms with E-state index in [1.165, 1.54) is 12.1 Å². The Balaban J connectivity index is 2.02. The minimum atomic E-state index is -4.69. The van der Waals surface area contributed by atoms with Crippen LogP contribution in [0.25, 0.3) is 0 Å². The van der Waals surface area contributed by atoms with Crippen LogP contribution in [0.2, 0.25) is 0 Å². The molecule has 1 N–H and O–H groups in total. The molecule has 4 nitrogen and oxygen atoms in total. The lowest BCUT2D eigenvalue weighted by Crippen LogP contribution is -2.22. The summed E-state index contributed by atoms with van der Waals surface area (Å²) in [7, 11) is 0. The van der Waals surface area contributed by atoms with Crippen molar-refractivity contribution in [2.45, 2.75) is 13.1 Å². The minimum absolute atomic E-state index is 0.514. The number of hydrogen-bond donors (Lipinski definition) is 1. The Kier molecular flexibility index (Phi) is 5.84. The zero-order valence-corrected chi connectivity index (χ0v) is 14.6. The highest BCUT2D eigenvalue weighted by atomic mass is 79.9. The third-order valence-electron chi connectivity index (χ3n) is 3.25. The molecule has 132 valence electrons. The monoisotopic (exact) mass is 415 g/mol. The molecule has 0 unspecified atom stereocenters. The van der Waals surface area contributed by atoms with E-state index in [0.717, 1.165) is 22.2 Å². The molecule has 1 amide bonds. The lowest BCUT2D eigenvalue weighted by atomic mass is 10.1. The van der Waals surface area contributed by atoms with Gasteiger partial charge in [-0.25, -0.2) is 4.79 Å². The first-order chi connectivity index (χ1) is 11.7. The maximum absolute atomic E-state index is 12.9. The van der Waals surface area contributed by atoms with E-state index in [4.69, 9.17) is 4.74 Å². The van der Waals surface area contributed by atoms with Crippen molar-refractivity contribution in [3.05, 3.63) is 63.6 Å². The topological polar surface area (TPSA) is 55.4 Å². The summed E-state index contributed by atoms with van der Waals surface area (Å²) in [4.78, 5) is 23.7. The zero-order chi connectivity index (χ0) is 18.6. The predicted molar refractivity (Wildman–Crippen MR) is 89.2 cm³/mol. The summed E-state index contributed by atoms with van der Waals surface area (Å²) >= 11 is 3.29. The van der Waals surface area contributed by atoms with Gasteiger partial charge >= 0.3 is 12.1 Å². The predicted octanol–water partition coefficient (Wildman–Crippen LogP) is 4.57. The van der Waals surface area contributed by atoms with Gasteiger partial charge in [-0.15, -0.1) is 0 Å². The lowest BCUT2D eigenvalue weighted by molar-refractivity contribution is -0.138. The van der Waals surface area contributed by atoms with Crippen molar-refractivity contribution in [3.8, 4) is 0 Å². The van der Waals surface area contributed by atoms with Crippen molar-refractivity contribution < 1.29 is 27.5 Å². The number of carbonyl (C=O) groups excluding carboxylic acids is 2. The summed E-state index contributed by atoms with van der Waals surface area (Å²) in [5.74, 6) is -1.86. The molecule has 0 radical (unpaired) electrons. The van der Waals surface area contributed by atoms with Crippen LogP contribution in [0.4, 0.5) is 18.9 Å². The fourth-order valence-electron chi connectivity index (χ4n) is 2.07. The van der Waals surface area contributed by atoms with Crippen LogP contribution in [0.1, 0.15) is 21.5 Å². The van der Waals surface area contributed by atoms with Gasteiger partial charge in [0.15, 0.2) is 6.61 Å². The Morgan fingerprint density at radius 3 is 2.48 bits per heavy atom. The number of amides is 1. The van der Waals surface area contributed by atoms with Gasteiger partial charge in [0.2, 0.25) is 0 Å². The Morgan fingerprint density at radius 2 is 1.84 bits per heavy atom. The highest BCUT2D eigenvalue weighted by molar-refractivity contribution is 9.10. The van der Waals surface area contributed by atoms with Crippen LogP contribution in [0.3, 0.4) is 0 Å². The van der Waals surface area contributed by atoms with Gasteiger partial charge in [-0.05, 0) is 42.8 Å². The molecule has 0 aliphatic heterocycles. The summed E-state index contributed by atoms with van der Waals surface area (Å²) in [5, 5.41) is 2.53. The van der Waals surface area contributed by atoms with Crippen LogP contribution in [0, 0.1) is 6.92 Å². The van der Waals surface area contributed by atoms with E-state index in [2.05, 4.69) is 21.2 Å². The van der Waals surface area contributed by atoms with E-state index in [-0.39, 0.29) is 0 Å². The Morgan fingerprint density at radius 1 is 1.16 bits per heavy atom. The summed E-state index contributed by atoms with van der Waals surface area (Å²) < 4.78 is 44.2. The quantitative estimate of drug-likeness (QED) is 0.743. The number of ether oxygens (including phenoxy) is 1. The summed E-state index contributed by atoms with van der Waals surface area (Å²) in [6.45, 7) is 1.08. The van der Waals surface area contributed by atoms with Gasteiger partial charge in [-0.3, -0.25) is 4.79 Å². The van der Waals surface area contributed by atoms with Gasteiger partial charge < -0.3 is 10.1 Å². The van der Waals surface area contributed by atoms with Gasteiger partial charge in [0.25, 0.3) is 5.91 Å². The maximum Gasteiger partial charge on any atom is 0.417 e. The Bertz CT molecular complexity index is 806. The SMILES string of the molecule is Cc1cc(Br)ccc1NC(=O)COC(=O)c1ccccc1C(F)(F)F. The first-order valence-electron chi connectivity index (χ1n) is 7.08. The molecule has 0 saturated heterocycles. The fraction of sp³-hybridized carbons (Fsp3) is 0.176. The van der Waals surface area contributed by atoms with Crippen LogP contribution < -0.4 is 5.32 Å². The molecule has 0 heterocycles. The molecule has 2 aromatic carbocycles. The van der Waals surface area contributed by atoms with Crippen molar-refractivity contribution in [2.24, 2.45) is 0 Å². The fourth-order valence-corrected chi connectivity index (χ4v) is 2.55. The standard InChI is InChI=1S/C17H13BrF3NO3/c1-10-8-11(18)6-7-14(10)22-15(23)9-25-16(24)12-4-2-3-5-13(12)17(19,20)21/h2-8H,9H2,1H3,(H,22,23). The number of hydrogen-bond acceptors (Lipinski definition) is 3. The molecule has 0 bridgehead atoms. The van der Waals surface area contributed by atoms with Gasteiger partial charge in [-0.1, -0.05) is 28.1 Å². The number of esters is 1. The van der Waals surface area contributed by atoms with Crippen LogP contribution in [-0.4, -0.2) is 18.5 Å². The molecule has 0 atom stereocenters. The van der Waals surface area contributed by atoms with Gasteiger partial charge in [0.1, 0.15) is 0 Å². The lowest BCUT2D eigenvalue weighted by Gasteiger charge is -2.12. The average molecular weight is 416 g/mol. The largest absolute Gasteiger partial charge is 0.452 e. The molecule has 0 fully saturated rings. The molecule has 8 heteroatoms. The zero-order valence-electron chi connectivity index (χ0n) is 13.0. The number of aryl methyl sites for hydroxylation is 1. The van der Waals surface area contributed by atoms with Crippen molar-refractivity contribution in [1.29, 1.82) is 0 Å². The van der Waals surface area contributed by atoms with Gasteiger partial charge in [0, 0.05) is 10.2 Å². The summed E-state index contributed by atoms with van der Waals surface area (Å²) in [6.07, 6.45) is -4.69. The highest BCUT2D eigenvalue weighted by Crippen LogP contribution is 2.32. The van der Waals surface area contributed by atoms with Crippen LogP contribution in [-0.2, 0) is 15.7 Å². The van der Waals surface area contributed by atoms with E-state index in [1.807, 2.05) is 0 Å². The first kappa shape index (κ1) is 19.0. The number of carbonyl (C=O) groups is 2. The van der Waals surface area contributed by atoms with Gasteiger partial charge in [0.05, 0.1) is 11.1 Å². The molecule has 0 aliphatic rings. The smallest absolute Gasteiger partial charge is 0.417 e. The summed E-state index contributed by atoms with van der Waals surface area (Å²) in [6, 6.07) is 9.39. The number of benzene rings is 2. The Hall–Kier alpha value is -2.35. The molecule has 0 aromatic heterocycles. The highest BCUT2D eigenvalue weighted by Gasteiger charge is 2.35. The molecule has 2 aromatic rings. The van der Waals surface area contributed by atoms with Crippen molar-refractivity contribution >= 4 is 33.5 Å². The van der Waals surface area contributed by atoms with Crippen molar-refractivity contribution in [1.82, 2.24) is 0 Å². The first-order valence-corrected chi connectivity index (χ1v) is 7.87. The van der Waals surface area contributed by atoms with E-state index >= 15 is 0 Å². The second kappa shape index (κ2) is 7.69. The van der Waals surface area contributed by atoms with Crippen molar-refractivity contribution in [3.63, 3.8) is 0 Å². The van der Waals surface area contributed by atoms with E-state index in [9.17, 15) is 22.8 Å². The number of halogens is 4. The normalized spacial score (nSPS) is 11.1. The molecular weight excluding hydrogens is 403 g/mol. The average Bonchev–Trinajstić information content (AvgIpc) is 2.54. The number of anilines is 1. The van der Waals surface area contributed by atoms with Crippen molar-refractivity contribution in [2.75, 3.05) is 11.9 Å². The number of alkyl halides is 3. The minimum Gasteiger partial charge on any atom is -0.452 e. The maximum atomic E-state index is 12.9. The van der Waals surface area contributed by atoms with Crippen LogP contribution in [0.15, 0.2) is 46.9 Å².